The first kappa shape index (κ1) is 36.8. The van der Waals surface area contributed by atoms with E-state index < -0.39 is 10.8 Å². The molecule has 0 bridgehead atoms. The highest BCUT2D eigenvalue weighted by molar-refractivity contribution is 7.26. The van der Waals surface area contributed by atoms with Crippen LogP contribution in [0.4, 0.5) is 17.1 Å². The van der Waals surface area contributed by atoms with Crippen molar-refractivity contribution in [1.29, 1.82) is 0 Å². The van der Waals surface area contributed by atoms with Gasteiger partial charge in [-0.15, -0.1) is 11.3 Å². The largest absolute Gasteiger partial charge is 0.308 e. The number of rotatable bonds is 7. The third-order valence-electron chi connectivity index (χ3n) is 14.0. The van der Waals surface area contributed by atoms with E-state index in [-0.39, 0.29) is 0 Å². The minimum absolute atomic E-state index is 0.541. The first-order chi connectivity index (χ1) is 31.8. The van der Waals surface area contributed by atoms with Crippen molar-refractivity contribution in [2.24, 2.45) is 0 Å². The number of hydrogen-bond donors (Lipinski definition) is 0. The number of hydrogen-bond acceptors (Lipinski definition) is 2. The molecule has 0 N–H and O–H groups in total. The van der Waals surface area contributed by atoms with Gasteiger partial charge < -0.3 is 4.90 Å². The van der Waals surface area contributed by atoms with Crippen LogP contribution in [0.1, 0.15) is 44.5 Å². The van der Waals surface area contributed by atoms with Gasteiger partial charge in [0.05, 0.1) is 32.6 Å². The molecule has 0 saturated heterocycles. The Bertz CT molecular complexity index is 3290. The summed E-state index contributed by atoms with van der Waals surface area (Å²) in [6, 6.07) is 92.7. The molecular weight excluding hydrogens is 791 g/mol. The van der Waals surface area contributed by atoms with Crippen LogP contribution in [0.3, 0.4) is 0 Å². The highest BCUT2D eigenvalue weighted by Gasteiger charge is 2.49. The standard InChI is InChI=1S/C62H41NS/c1-5-22-42(23-6-1)61(43-24-7-2-8-25-43)50-34-16-13-31-48(50)58-52(61)36-20-38-54(58)63(56-40-19-33-47-46-30-15-18-41-57(46)64-60(47)56)55-39-21-37-53-59(55)49-32-14-17-35-51(49)62(53,44-26-9-3-10-27-44)45-28-11-4-12-29-45/h1-41H. The van der Waals surface area contributed by atoms with Gasteiger partial charge in [0.15, 0.2) is 0 Å². The minimum atomic E-state index is -0.541. The quantitative estimate of drug-likeness (QED) is 0.155. The molecule has 64 heavy (non-hydrogen) atoms. The van der Waals surface area contributed by atoms with Crippen LogP contribution in [0, 0.1) is 0 Å². The van der Waals surface area contributed by atoms with Crippen molar-refractivity contribution >= 4 is 48.6 Å². The Balaban J connectivity index is 1.18. The second-order valence-corrected chi connectivity index (χ2v) is 18.1. The Morgan fingerprint density at radius 1 is 0.281 bits per heavy atom. The summed E-state index contributed by atoms with van der Waals surface area (Å²) >= 11 is 1.89. The second kappa shape index (κ2) is 14.4. The number of fused-ring (bicyclic) bond motifs is 9. The van der Waals surface area contributed by atoms with Crippen LogP contribution >= 0.6 is 11.3 Å². The van der Waals surface area contributed by atoms with Crippen LogP contribution in [-0.4, -0.2) is 0 Å². The highest BCUT2D eigenvalue weighted by atomic mass is 32.1. The van der Waals surface area contributed by atoms with Crippen molar-refractivity contribution in [3.63, 3.8) is 0 Å². The van der Waals surface area contributed by atoms with E-state index in [1.54, 1.807) is 0 Å². The van der Waals surface area contributed by atoms with E-state index in [4.69, 9.17) is 0 Å². The molecule has 1 nitrogen and oxygen atoms in total. The van der Waals surface area contributed by atoms with Crippen LogP contribution in [-0.2, 0) is 10.8 Å². The van der Waals surface area contributed by atoms with Crippen molar-refractivity contribution < 1.29 is 0 Å². The lowest BCUT2D eigenvalue weighted by molar-refractivity contribution is 0.768. The van der Waals surface area contributed by atoms with Gasteiger partial charge in [-0.2, -0.15) is 0 Å². The lowest BCUT2D eigenvalue weighted by Gasteiger charge is -2.35. The fourth-order valence-electron chi connectivity index (χ4n) is 11.6. The fraction of sp³-hybridized carbons (Fsp3) is 0.0323. The zero-order chi connectivity index (χ0) is 42.2. The van der Waals surface area contributed by atoms with Crippen molar-refractivity contribution in [2.45, 2.75) is 10.8 Å². The third kappa shape index (κ3) is 5.00. The molecule has 2 heteroatoms. The SMILES string of the molecule is c1ccc(C2(c3ccccc3)c3ccccc3-c3c(N(c4cccc5c4-c4ccccc4C5(c4ccccc4)c4ccccc4)c4cccc5c4sc4ccccc45)cccc32)cc1. The Kier molecular flexibility index (Phi) is 8.28. The molecule has 0 radical (unpaired) electrons. The summed E-state index contributed by atoms with van der Waals surface area (Å²) in [6.45, 7) is 0. The first-order valence-electron chi connectivity index (χ1n) is 22.2. The summed E-state index contributed by atoms with van der Waals surface area (Å²) in [5.41, 5.74) is 17.6. The summed E-state index contributed by atoms with van der Waals surface area (Å²) in [5.74, 6) is 0. The molecule has 13 rings (SSSR count). The summed E-state index contributed by atoms with van der Waals surface area (Å²) in [6.07, 6.45) is 0. The smallest absolute Gasteiger partial charge is 0.0714 e. The van der Waals surface area contributed by atoms with E-state index in [2.05, 4.69) is 254 Å². The average Bonchev–Trinajstić information content (AvgIpc) is 4.01. The lowest BCUT2D eigenvalue weighted by Crippen LogP contribution is -2.28. The second-order valence-electron chi connectivity index (χ2n) is 17.0. The summed E-state index contributed by atoms with van der Waals surface area (Å²) in [5, 5.41) is 2.56. The van der Waals surface area contributed by atoms with Crippen molar-refractivity contribution in [2.75, 3.05) is 4.90 Å². The number of nitrogens with zero attached hydrogens (tertiary/aromatic N) is 1. The Morgan fingerprint density at radius 2 is 0.641 bits per heavy atom. The molecule has 10 aromatic carbocycles. The molecule has 0 atom stereocenters. The van der Waals surface area contributed by atoms with Crippen molar-refractivity contribution in [3.05, 3.63) is 293 Å². The molecule has 0 saturated carbocycles. The van der Waals surface area contributed by atoms with Gasteiger partial charge in [0.2, 0.25) is 0 Å². The van der Waals surface area contributed by atoms with E-state index in [0.29, 0.717) is 0 Å². The van der Waals surface area contributed by atoms with Crippen molar-refractivity contribution in [3.8, 4) is 22.3 Å². The predicted octanol–water partition coefficient (Wildman–Crippen LogP) is 16.3. The molecule has 0 fully saturated rings. The fourth-order valence-corrected chi connectivity index (χ4v) is 12.8. The van der Waals surface area contributed by atoms with Crippen LogP contribution in [0.25, 0.3) is 42.4 Å². The van der Waals surface area contributed by atoms with Crippen molar-refractivity contribution in [1.82, 2.24) is 0 Å². The zero-order valence-corrected chi connectivity index (χ0v) is 35.8. The van der Waals surface area contributed by atoms with Gasteiger partial charge in [0.25, 0.3) is 0 Å². The minimum Gasteiger partial charge on any atom is -0.308 e. The van der Waals surface area contributed by atoms with E-state index >= 15 is 0 Å². The predicted molar refractivity (Wildman–Crippen MR) is 269 cm³/mol. The lowest BCUT2D eigenvalue weighted by atomic mass is 9.67. The van der Waals surface area contributed by atoms with E-state index in [0.717, 1.165) is 11.4 Å². The maximum atomic E-state index is 2.63. The Labute approximate surface area is 377 Å². The van der Waals surface area contributed by atoms with Gasteiger partial charge in [0, 0.05) is 26.6 Å². The molecule has 1 aromatic heterocycles. The van der Waals surface area contributed by atoms with E-state index in [1.807, 2.05) is 11.3 Å². The van der Waals surface area contributed by atoms with Gasteiger partial charge in [-0.3, -0.25) is 0 Å². The van der Waals surface area contributed by atoms with E-state index in [1.165, 1.54) is 92.6 Å². The highest BCUT2D eigenvalue weighted by Crippen LogP contribution is 2.63. The molecule has 0 amide bonds. The van der Waals surface area contributed by atoms with Crippen LogP contribution in [0.15, 0.2) is 249 Å². The molecule has 300 valence electrons. The molecule has 0 unspecified atom stereocenters. The van der Waals surface area contributed by atoms with Gasteiger partial charge in [-0.05, 0) is 79.9 Å². The Morgan fingerprint density at radius 3 is 1.12 bits per heavy atom. The Hall–Kier alpha value is -7.78. The van der Waals surface area contributed by atoms with Crippen LogP contribution in [0.5, 0.6) is 0 Å². The molecular formula is C62H41NS. The van der Waals surface area contributed by atoms with Gasteiger partial charge in [-0.25, -0.2) is 0 Å². The molecule has 11 aromatic rings. The topological polar surface area (TPSA) is 3.24 Å². The maximum Gasteiger partial charge on any atom is 0.0714 e. The van der Waals surface area contributed by atoms with Gasteiger partial charge in [-0.1, -0.05) is 224 Å². The number of benzene rings is 10. The molecule has 2 aliphatic carbocycles. The summed E-state index contributed by atoms with van der Waals surface area (Å²) in [4.78, 5) is 2.63. The number of anilines is 3. The van der Waals surface area contributed by atoms with E-state index in [9.17, 15) is 0 Å². The molecule has 0 spiro atoms. The monoisotopic (exact) mass is 831 g/mol. The van der Waals surface area contributed by atoms with Gasteiger partial charge >= 0.3 is 0 Å². The normalized spacial score (nSPS) is 13.9. The summed E-state index contributed by atoms with van der Waals surface area (Å²) < 4.78 is 2.56. The van der Waals surface area contributed by atoms with Crippen LogP contribution < -0.4 is 4.90 Å². The molecule has 1 heterocycles. The van der Waals surface area contributed by atoms with Crippen LogP contribution in [0.2, 0.25) is 0 Å². The molecule has 2 aliphatic rings. The van der Waals surface area contributed by atoms with Gasteiger partial charge in [0.1, 0.15) is 0 Å². The molecule has 0 aliphatic heterocycles. The zero-order valence-electron chi connectivity index (χ0n) is 35.0. The summed E-state index contributed by atoms with van der Waals surface area (Å²) in [7, 11) is 0. The first-order valence-corrected chi connectivity index (χ1v) is 23.0. The third-order valence-corrected chi connectivity index (χ3v) is 15.2. The maximum absolute atomic E-state index is 2.63. The average molecular weight is 832 g/mol. The number of thiophene rings is 1.